The Kier molecular flexibility index (Phi) is 9.37. The largest absolute Gasteiger partial charge is 0.413 e. The van der Waals surface area contributed by atoms with Crippen LogP contribution in [-0.4, -0.2) is 51.2 Å². The highest BCUT2D eigenvalue weighted by molar-refractivity contribution is 6.77. The highest BCUT2D eigenvalue weighted by atomic mass is 28.4. The van der Waals surface area contributed by atoms with Crippen LogP contribution in [0.2, 0.25) is 16.6 Å². The zero-order chi connectivity index (χ0) is 26.6. The van der Waals surface area contributed by atoms with Crippen molar-refractivity contribution in [2.45, 2.75) is 109 Å². The van der Waals surface area contributed by atoms with Crippen LogP contribution in [0.15, 0.2) is 42.5 Å². The van der Waals surface area contributed by atoms with E-state index in [2.05, 4.69) is 78.0 Å². The molecule has 2 fully saturated rings. The highest BCUT2D eigenvalue weighted by Crippen LogP contribution is 2.51. The van der Waals surface area contributed by atoms with Crippen LogP contribution in [0, 0.1) is 11.3 Å². The summed E-state index contributed by atoms with van der Waals surface area (Å²) in [5.74, 6) is 0.560. The van der Waals surface area contributed by atoms with Gasteiger partial charge in [0.15, 0.2) is 8.32 Å². The fraction of sp³-hybridized carbons (Fsp3) is 0.710. The van der Waals surface area contributed by atoms with Crippen LogP contribution in [0.1, 0.15) is 79.2 Å². The zero-order valence-electron chi connectivity index (χ0n) is 23.9. The summed E-state index contributed by atoms with van der Waals surface area (Å²) in [4.78, 5) is 15.5. The molecule has 2 heterocycles. The topological polar surface area (TPSA) is 48.0 Å². The van der Waals surface area contributed by atoms with Crippen molar-refractivity contribution in [1.29, 1.82) is 0 Å². The second kappa shape index (κ2) is 12.1. The number of allylic oxidation sites excluding steroid dienone is 2. The van der Waals surface area contributed by atoms with Crippen LogP contribution in [-0.2, 0) is 25.3 Å². The average Bonchev–Trinajstić information content (AvgIpc) is 2.86. The third kappa shape index (κ3) is 5.78. The van der Waals surface area contributed by atoms with E-state index < -0.39 is 8.32 Å². The van der Waals surface area contributed by atoms with Crippen LogP contribution in [0.3, 0.4) is 0 Å². The van der Waals surface area contributed by atoms with Crippen molar-refractivity contribution >= 4 is 14.2 Å². The number of piperidine rings is 1. The van der Waals surface area contributed by atoms with Crippen LogP contribution in [0.25, 0.3) is 0 Å². The minimum absolute atomic E-state index is 0.0965. The minimum Gasteiger partial charge on any atom is -0.413 e. The fourth-order valence-corrected chi connectivity index (χ4v) is 13.1. The Labute approximate surface area is 226 Å². The lowest BCUT2D eigenvalue weighted by molar-refractivity contribution is -0.234. The molecule has 1 aromatic rings. The molecule has 1 amide bonds. The molecule has 6 heteroatoms. The van der Waals surface area contributed by atoms with Gasteiger partial charge in [0.1, 0.15) is 6.23 Å². The van der Waals surface area contributed by atoms with Gasteiger partial charge < -0.3 is 18.8 Å². The standard InChI is InChI=1S/C31H49NO4Si/c1-23(2)37(24(3)4,25(5)6)35-22-28-19-29(33)32-18-12-17-31(30(32)36-28)16-11-10-15-27(31)21-34-20-26-13-8-7-9-14-26/h7-11,13-14,23-25,27-28,30H,12,15-22H2,1-6H3/t27-,28+,30+,31+/m1/s1. The first kappa shape index (κ1) is 28.5. The van der Waals surface area contributed by atoms with E-state index in [1.54, 1.807) is 0 Å². The first-order valence-corrected chi connectivity index (χ1v) is 16.7. The van der Waals surface area contributed by atoms with E-state index in [9.17, 15) is 4.79 Å². The Bertz CT molecular complexity index is 895. The van der Waals surface area contributed by atoms with E-state index in [0.717, 1.165) is 32.2 Å². The molecule has 206 valence electrons. The van der Waals surface area contributed by atoms with E-state index in [4.69, 9.17) is 13.9 Å². The molecule has 0 aromatic heterocycles. The van der Waals surface area contributed by atoms with E-state index >= 15 is 0 Å². The van der Waals surface area contributed by atoms with Crippen molar-refractivity contribution in [3.05, 3.63) is 48.0 Å². The quantitative estimate of drug-likeness (QED) is 0.241. The molecular formula is C31H49NO4Si. The number of fused-ring (bicyclic) bond motifs is 2. The number of hydrogen-bond donors (Lipinski definition) is 0. The Morgan fingerprint density at radius 3 is 2.41 bits per heavy atom. The minimum atomic E-state index is -2.02. The number of hydrogen-bond acceptors (Lipinski definition) is 4. The average molecular weight is 528 g/mol. The third-order valence-electron chi connectivity index (χ3n) is 9.42. The summed E-state index contributed by atoms with van der Waals surface area (Å²) in [6.45, 7) is 16.5. The lowest BCUT2D eigenvalue weighted by Gasteiger charge is -2.56. The van der Waals surface area contributed by atoms with Crippen LogP contribution in [0.5, 0.6) is 0 Å². The van der Waals surface area contributed by atoms with Gasteiger partial charge in [-0.25, -0.2) is 0 Å². The molecule has 5 nitrogen and oxygen atoms in total. The fourth-order valence-electron chi connectivity index (χ4n) is 7.67. The van der Waals surface area contributed by atoms with Gasteiger partial charge in [-0.2, -0.15) is 0 Å². The molecule has 4 rings (SSSR count). The van der Waals surface area contributed by atoms with Gasteiger partial charge in [0.2, 0.25) is 5.91 Å². The number of carbonyl (C=O) groups excluding carboxylic acids is 1. The molecule has 1 aliphatic carbocycles. The van der Waals surface area contributed by atoms with Gasteiger partial charge >= 0.3 is 0 Å². The summed E-state index contributed by atoms with van der Waals surface area (Å²) in [7, 11) is -2.02. The molecule has 1 aromatic carbocycles. The summed E-state index contributed by atoms with van der Waals surface area (Å²) in [6, 6.07) is 10.4. The third-order valence-corrected chi connectivity index (χ3v) is 15.5. The first-order valence-electron chi connectivity index (χ1n) is 14.6. The Balaban J connectivity index is 1.50. The summed E-state index contributed by atoms with van der Waals surface area (Å²) in [5.41, 5.74) is 2.64. The highest BCUT2D eigenvalue weighted by Gasteiger charge is 2.55. The Hall–Kier alpha value is -1.47. The van der Waals surface area contributed by atoms with E-state index in [1.165, 1.54) is 5.56 Å². The number of benzene rings is 1. The predicted molar refractivity (Wildman–Crippen MR) is 152 cm³/mol. The van der Waals surface area contributed by atoms with E-state index in [1.807, 2.05) is 11.0 Å². The van der Waals surface area contributed by atoms with Crippen molar-refractivity contribution in [2.24, 2.45) is 11.3 Å². The summed E-state index contributed by atoms with van der Waals surface area (Å²) in [5, 5.41) is 0. The van der Waals surface area contributed by atoms with Gasteiger partial charge in [0.05, 0.1) is 32.3 Å². The van der Waals surface area contributed by atoms with Gasteiger partial charge in [-0.1, -0.05) is 84.0 Å². The lowest BCUT2D eigenvalue weighted by atomic mass is 9.63. The monoisotopic (exact) mass is 527 g/mol. The number of ether oxygens (including phenoxy) is 2. The number of rotatable bonds is 10. The normalized spacial score (nSPS) is 28.5. The Morgan fingerprint density at radius 1 is 1.03 bits per heavy atom. The van der Waals surface area contributed by atoms with Gasteiger partial charge in [-0.15, -0.1) is 0 Å². The second-order valence-corrected chi connectivity index (χ2v) is 17.9. The van der Waals surface area contributed by atoms with Gasteiger partial charge in [-0.05, 0) is 53.8 Å². The lowest BCUT2D eigenvalue weighted by Crippen LogP contribution is -2.64. The van der Waals surface area contributed by atoms with Gasteiger partial charge in [0, 0.05) is 12.0 Å². The van der Waals surface area contributed by atoms with E-state index in [-0.39, 0.29) is 23.7 Å². The molecule has 1 spiro atoms. The van der Waals surface area contributed by atoms with Crippen molar-refractivity contribution in [2.75, 3.05) is 19.8 Å². The molecule has 0 bridgehead atoms. The van der Waals surface area contributed by atoms with Crippen molar-refractivity contribution in [3.8, 4) is 0 Å². The molecule has 2 saturated heterocycles. The molecule has 37 heavy (non-hydrogen) atoms. The SMILES string of the molecule is CC(C)[Si](OC[C@@H]1CC(=O)N2CCC[C@]3(CC=CC[C@@H]3COCc3ccccc3)[C@@H]2O1)(C(C)C)C(C)C. The zero-order valence-corrected chi connectivity index (χ0v) is 24.9. The summed E-state index contributed by atoms with van der Waals surface area (Å²) >= 11 is 0. The Morgan fingerprint density at radius 2 is 1.73 bits per heavy atom. The van der Waals surface area contributed by atoms with Crippen molar-refractivity contribution in [3.63, 3.8) is 0 Å². The van der Waals surface area contributed by atoms with Gasteiger partial charge in [0.25, 0.3) is 0 Å². The van der Waals surface area contributed by atoms with Crippen molar-refractivity contribution in [1.82, 2.24) is 4.90 Å². The van der Waals surface area contributed by atoms with Crippen LogP contribution >= 0.6 is 0 Å². The number of nitrogens with zero attached hydrogens (tertiary/aromatic N) is 1. The molecular weight excluding hydrogens is 478 g/mol. The molecule has 0 saturated carbocycles. The second-order valence-electron chi connectivity index (χ2n) is 12.5. The number of amides is 1. The smallest absolute Gasteiger partial charge is 0.227 e. The first-order chi connectivity index (χ1) is 17.7. The maximum atomic E-state index is 13.4. The van der Waals surface area contributed by atoms with Crippen LogP contribution in [0.4, 0.5) is 0 Å². The molecule has 2 aliphatic heterocycles. The summed E-state index contributed by atoms with van der Waals surface area (Å²) in [6.07, 6.45) is 8.67. The maximum absolute atomic E-state index is 13.4. The van der Waals surface area contributed by atoms with E-state index in [0.29, 0.717) is 48.8 Å². The number of carbonyl (C=O) groups is 1. The molecule has 0 unspecified atom stereocenters. The molecule has 4 atom stereocenters. The van der Waals surface area contributed by atoms with Crippen LogP contribution < -0.4 is 0 Å². The van der Waals surface area contributed by atoms with Crippen molar-refractivity contribution < 1.29 is 18.7 Å². The maximum Gasteiger partial charge on any atom is 0.227 e. The molecule has 0 radical (unpaired) electrons. The molecule has 3 aliphatic rings. The summed E-state index contributed by atoms with van der Waals surface area (Å²) < 4.78 is 20.1. The predicted octanol–water partition coefficient (Wildman–Crippen LogP) is 7.09. The van der Waals surface area contributed by atoms with Gasteiger partial charge in [-0.3, -0.25) is 4.79 Å². The molecule has 0 N–H and O–H groups in total.